The van der Waals surface area contributed by atoms with Gasteiger partial charge in [0.25, 0.3) is 0 Å². The van der Waals surface area contributed by atoms with E-state index >= 15 is 0 Å². The standard InChI is InChI=1S/C16H10FN2.BrH.Pt/c17-14-10-12(15-5-1-3-7-18-15)9-13(11-14)16-6-2-4-8-19-16;;/h1-8,10-11H;1H;/q-1;;+2/p-1. The van der Waals surface area contributed by atoms with Crippen LogP contribution < -0.4 is 0 Å². The summed E-state index contributed by atoms with van der Waals surface area (Å²) < 4.78 is 13.7. The van der Waals surface area contributed by atoms with E-state index in [0.717, 1.165) is 0 Å². The maximum absolute atomic E-state index is 13.7. The summed E-state index contributed by atoms with van der Waals surface area (Å²) in [6.07, 6.45) is 3.35. The van der Waals surface area contributed by atoms with Crippen LogP contribution >= 0.6 is 13.3 Å². The molecule has 0 aliphatic rings. The van der Waals surface area contributed by atoms with Crippen LogP contribution in [-0.2, 0) is 17.8 Å². The third-order valence-electron chi connectivity index (χ3n) is 2.72. The predicted molar refractivity (Wildman–Crippen MR) is 80.6 cm³/mol. The second-order valence-corrected chi connectivity index (χ2v) is 4.06. The molecule has 0 saturated carbocycles. The summed E-state index contributed by atoms with van der Waals surface area (Å²) in [5, 5.41) is 0. The van der Waals surface area contributed by atoms with Crippen LogP contribution in [0.2, 0.25) is 0 Å². The second-order valence-electron chi connectivity index (χ2n) is 4.06. The normalized spacial score (nSPS) is 9.71. The molecular formula is C16H10BrFN2Pt. The van der Waals surface area contributed by atoms with E-state index in [2.05, 4.69) is 29.3 Å². The number of aromatic nitrogens is 2. The Morgan fingerprint density at radius 3 is 1.71 bits per heavy atom. The van der Waals surface area contributed by atoms with Crippen molar-refractivity contribution in [3.8, 4) is 22.5 Å². The van der Waals surface area contributed by atoms with E-state index in [1.165, 1.54) is 12.1 Å². The van der Waals surface area contributed by atoms with Gasteiger partial charge in [-0.05, 0) is 12.1 Å². The third kappa shape index (κ3) is 4.29. The van der Waals surface area contributed by atoms with Gasteiger partial charge in [-0.15, -0.1) is 6.07 Å². The molecule has 0 saturated heterocycles. The summed E-state index contributed by atoms with van der Waals surface area (Å²) in [5.41, 5.74) is 2.64. The van der Waals surface area contributed by atoms with Gasteiger partial charge in [0.05, 0.1) is 5.82 Å². The van der Waals surface area contributed by atoms with Gasteiger partial charge in [0, 0.05) is 23.8 Å². The fourth-order valence-corrected chi connectivity index (χ4v) is 1.85. The molecule has 0 spiro atoms. The summed E-state index contributed by atoms with van der Waals surface area (Å²) in [6.45, 7) is 0. The Morgan fingerprint density at radius 1 is 0.857 bits per heavy atom. The van der Waals surface area contributed by atoms with E-state index in [1.807, 2.05) is 54.2 Å². The van der Waals surface area contributed by atoms with Crippen molar-refractivity contribution in [2.45, 2.75) is 0 Å². The summed E-state index contributed by atoms with van der Waals surface area (Å²) in [5.74, 6) is -0.319. The summed E-state index contributed by atoms with van der Waals surface area (Å²) >= 11 is 4.86. The van der Waals surface area contributed by atoms with Crippen LogP contribution in [0.5, 0.6) is 0 Å². The molecule has 2 heterocycles. The van der Waals surface area contributed by atoms with Gasteiger partial charge >= 0.3 is 31.1 Å². The van der Waals surface area contributed by atoms with Crippen LogP contribution in [0.1, 0.15) is 0 Å². The third-order valence-corrected chi connectivity index (χ3v) is 2.72. The number of pyridine rings is 2. The summed E-state index contributed by atoms with van der Waals surface area (Å²) in [6, 6.07) is 17.0. The molecule has 0 amide bonds. The molecule has 3 aromatic rings. The van der Waals surface area contributed by atoms with Gasteiger partial charge in [-0.2, -0.15) is 0 Å². The minimum absolute atomic E-state index is 0.319. The van der Waals surface area contributed by atoms with E-state index in [0.29, 0.717) is 22.5 Å². The first-order valence-electron chi connectivity index (χ1n) is 6.00. The first-order valence-corrected chi connectivity index (χ1v) is 11.0. The first-order chi connectivity index (χ1) is 10.3. The van der Waals surface area contributed by atoms with Crippen LogP contribution in [-0.4, -0.2) is 9.97 Å². The number of halogens is 2. The van der Waals surface area contributed by atoms with Crippen molar-refractivity contribution < 1.29 is 22.1 Å². The zero-order valence-electron chi connectivity index (χ0n) is 10.7. The van der Waals surface area contributed by atoms with Crippen LogP contribution in [0.25, 0.3) is 22.5 Å². The number of nitrogens with zero attached hydrogens (tertiary/aromatic N) is 2. The first kappa shape index (κ1) is 16.0. The van der Waals surface area contributed by atoms with Crippen molar-refractivity contribution in [2.24, 2.45) is 0 Å². The number of benzene rings is 1. The minimum atomic E-state index is -0.319. The van der Waals surface area contributed by atoms with Gasteiger partial charge in [0.15, 0.2) is 0 Å². The Bertz CT molecular complexity index is 635. The Hall–Kier alpha value is -1.38. The van der Waals surface area contributed by atoms with E-state index in [-0.39, 0.29) is 5.82 Å². The van der Waals surface area contributed by atoms with Crippen LogP contribution in [0.3, 0.4) is 0 Å². The zero-order valence-corrected chi connectivity index (χ0v) is 14.6. The van der Waals surface area contributed by atoms with Crippen LogP contribution in [0, 0.1) is 11.9 Å². The number of rotatable bonds is 2. The monoisotopic (exact) mass is 523 g/mol. The average molecular weight is 524 g/mol. The van der Waals surface area contributed by atoms with Crippen molar-refractivity contribution in [2.75, 3.05) is 0 Å². The molecule has 5 heteroatoms. The van der Waals surface area contributed by atoms with Gasteiger partial charge in [0.2, 0.25) is 0 Å². The molecule has 0 bridgehead atoms. The van der Waals surface area contributed by atoms with E-state index in [1.54, 1.807) is 12.4 Å². The van der Waals surface area contributed by atoms with Crippen LogP contribution in [0.15, 0.2) is 60.9 Å². The molecule has 0 aliphatic heterocycles. The summed E-state index contributed by atoms with van der Waals surface area (Å²) in [4.78, 5) is 8.41. The average Bonchev–Trinajstić information content (AvgIpc) is 2.58. The molecule has 1 aromatic carbocycles. The fraction of sp³-hybridized carbons (Fsp3) is 0. The van der Waals surface area contributed by atoms with Gasteiger partial charge in [-0.1, -0.05) is 47.5 Å². The molecule has 21 heavy (non-hydrogen) atoms. The quantitative estimate of drug-likeness (QED) is 0.459. The maximum atomic E-state index is 13.7. The molecule has 0 atom stereocenters. The van der Waals surface area contributed by atoms with Crippen molar-refractivity contribution in [3.63, 3.8) is 0 Å². The van der Waals surface area contributed by atoms with Gasteiger partial charge in [0.1, 0.15) is 0 Å². The number of hydrogen-bond acceptors (Lipinski definition) is 2. The molecule has 2 nitrogen and oxygen atoms in total. The Balaban J connectivity index is 0.000000774. The molecule has 108 valence electrons. The predicted octanol–water partition coefficient (Wildman–Crippen LogP) is 4.59. The van der Waals surface area contributed by atoms with Gasteiger partial charge in [-0.3, -0.25) is 9.97 Å². The molecule has 0 aliphatic carbocycles. The molecular weight excluding hydrogens is 514 g/mol. The van der Waals surface area contributed by atoms with Crippen molar-refractivity contribution in [1.29, 1.82) is 0 Å². The van der Waals surface area contributed by atoms with Gasteiger partial charge in [-0.25, -0.2) is 4.39 Å². The number of hydrogen-bond donors (Lipinski definition) is 0. The Labute approximate surface area is 140 Å². The summed E-state index contributed by atoms with van der Waals surface area (Å²) in [7, 11) is 0. The molecule has 0 N–H and O–H groups in total. The Kier molecular flexibility index (Phi) is 6.21. The Morgan fingerprint density at radius 2 is 1.33 bits per heavy atom. The van der Waals surface area contributed by atoms with Crippen molar-refractivity contribution in [3.05, 3.63) is 72.8 Å². The van der Waals surface area contributed by atoms with E-state index in [9.17, 15) is 4.39 Å². The molecule has 2 aromatic heterocycles. The zero-order chi connectivity index (χ0) is 15.1. The molecule has 3 rings (SSSR count). The molecule has 0 radical (unpaired) electrons. The van der Waals surface area contributed by atoms with E-state index in [4.69, 9.17) is 0 Å². The fourth-order valence-electron chi connectivity index (χ4n) is 1.85. The second kappa shape index (κ2) is 8.16. The topological polar surface area (TPSA) is 25.8 Å². The molecule has 0 unspecified atom stereocenters. The van der Waals surface area contributed by atoms with Crippen LogP contribution in [0.4, 0.5) is 4.39 Å². The van der Waals surface area contributed by atoms with Crippen molar-refractivity contribution in [1.82, 2.24) is 9.97 Å². The van der Waals surface area contributed by atoms with Crippen molar-refractivity contribution >= 4 is 13.3 Å². The SMILES string of the molecule is Fc1cc(-c2ccccn2)[c-]c(-c2ccccn2)c1.[Br][Pt+]. The van der Waals surface area contributed by atoms with Gasteiger partial charge < -0.3 is 0 Å². The molecule has 0 fully saturated rings. The van der Waals surface area contributed by atoms with E-state index < -0.39 is 0 Å².